The molecule has 0 unspecified atom stereocenters. The summed E-state index contributed by atoms with van der Waals surface area (Å²) in [5, 5.41) is 3.08. The molecule has 0 radical (unpaired) electrons. The number of hydrogen-bond donors (Lipinski definition) is 1. The molecule has 0 bridgehead atoms. The highest BCUT2D eigenvalue weighted by atomic mass is 16.1. The van der Waals surface area contributed by atoms with Crippen molar-refractivity contribution in [3.63, 3.8) is 0 Å². The summed E-state index contributed by atoms with van der Waals surface area (Å²) >= 11 is 0. The van der Waals surface area contributed by atoms with Crippen LogP contribution in [0.15, 0.2) is 0 Å². The molecule has 1 amide bonds. The summed E-state index contributed by atoms with van der Waals surface area (Å²) in [5.41, 5.74) is 0. The lowest BCUT2D eigenvalue weighted by Gasteiger charge is -2.30. The van der Waals surface area contributed by atoms with Gasteiger partial charge in [-0.2, -0.15) is 0 Å². The van der Waals surface area contributed by atoms with Gasteiger partial charge in [-0.1, -0.05) is 58.3 Å². The van der Waals surface area contributed by atoms with Crippen LogP contribution in [-0.2, 0) is 4.79 Å². The van der Waals surface area contributed by atoms with Crippen LogP contribution in [0.25, 0.3) is 0 Å². The van der Waals surface area contributed by atoms with Crippen molar-refractivity contribution in [3.8, 4) is 0 Å². The minimum Gasteiger partial charge on any atom is -0.356 e. The minimum absolute atomic E-state index is 0.235. The van der Waals surface area contributed by atoms with Crippen molar-refractivity contribution < 1.29 is 4.79 Å². The Morgan fingerprint density at radius 1 is 0.792 bits per heavy atom. The Labute approximate surface area is 152 Å². The lowest BCUT2D eigenvalue weighted by atomic mass is 10.1. The van der Waals surface area contributed by atoms with Gasteiger partial charge in [0.2, 0.25) is 5.91 Å². The molecule has 0 aliphatic rings. The summed E-state index contributed by atoms with van der Waals surface area (Å²) in [6, 6.07) is 1.14. The van der Waals surface area contributed by atoms with Crippen LogP contribution >= 0.6 is 0 Å². The Balaban J connectivity index is 3.44. The normalized spacial score (nSPS) is 11.7. The minimum atomic E-state index is 0.235. The van der Waals surface area contributed by atoms with Crippen LogP contribution in [0.2, 0.25) is 0 Å². The lowest BCUT2D eigenvalue weighted by molar-refractivity contribution is -0.121. The third-order valence-corrected chi connectivity index (χ3v) is 4.75. The Kier molecular flexibility index (Phi) is 15.6. The maximum Gasteiger partial charge on any atom is 0.219 e. The van der Waals surface area contributed by atoms with Crippen LogP contribution < -0.4 is 5.32 Å². The predicted molar refractivity (Wildman–Crippen MR) is 106 cm³/mol. The van der Waals surface area contributed by atoms with E-state index in [1.54, 1.807) is 0 Å². The first kappa shape index (κ1) is 23.4. The molecule has 1 N–H and O–H groups in total. The maximum atomic E-state index is 11.8. The number of amides is 1. The number of nitrogens with one attached hydrogen (secondary N) is 1. The molecule has 0 aromatic carbocycles. The molecule has 0 aromatic heterocycles. The molecule has 3 heteroatoms. The third kappa shape index (κ3) is 13.8. The first-order valence-corrected chi connectivity index (χ1v) is 10.5. The van der Waals surface area contributed by atoms with Crippen molar-refractivity contribution in [2.75, 3.05) is 13.1 Å². The fourth-order valence-corrected chi connectivity index (χ4v) is 3.29. The van der Waals surface area contributed by atoms with Gasteiger partial charge in [-0.05, 0) is 40.5 Å². The fraction of sp³-hybridized carbons (Fsp3) is 0.952. The Morgan fingerprint density at radius 3 is 1.79 bits per heavy atom. The quantitative estimate of drug-likeness (QED) is 0.375. The average molecular weight is 341 g/mol. The molecule has 0 saturated carbocycles. The lowest BCUT2D eigenvalue weighted by Crippen LogP contribution is -2.39. The van der Waals surface area contributed by atoms with Gasteiger partial charge in [0.25, 0.3) is 0 Å². The van der Waals surface area contributed by atoms with E-state index in [1.807, 2.05) is 0 Å². The van der Waals surface area contributed by atoms with Gasteiger partial charge in [0.15, 0.2) is 0 Å². The Morgan fingerprint density at radius 2 is 1.29 bits per heavy atom. The summed E-state index contributed by atoms with van der Waals surface area (Å²) in [6.07, 6.45) is 13.5. The third-order valence-electron chi connectivity index (χ3n) is 4.75. The van der Waals surface area contributed by atoms with Crippen LogP contribution in [0.3, 0.4) is 0 Å². The number of hydrogen-bond acceptors (Lipinski definition) is 2. The number of nitrogens with zero attached hydrogens (tertiary/aromatic N) is 1. The van der Waals surface area contributed by atoms with Crippen molar-refractivity contribution in [1.29, 1.82) is 0 Å². The Hall–Kier alpha value is -0.570. The number of carbonyl (C=O) groups excluding carboxylic acids is 1. The van der Waals surface area contributed by atoms with Gasteiger partial charge in [-0.25, -0.2) is 0 Å². The second-order valence-corrected chi connectivity index (χ2v) is 7.71. The molecule has 3 nitrogen and oxygen atoms in total. The molecular weight excluding hydrogens is 296 g/mol. The summed E-state index contributed by atoms with van der Waals surface area (Å²) in [5.74, 6) is 0.235. The van der Waals surface area contributed by atoms with E-state index < -0.39 is 0 Å². The van der Waals surface area contributed by atoms with Crippen molar-refractivity contribution in [2.45, 2.75) is 117 Å². The largest absolute Gasteiger partial charge is 0.356 e. The number of unbranched alkanes of at least 4 members (excludes halogenated alkanes) is 8. The molecule has 0 heterocycles. The van der Waals surface area contributed by atoms with E-state index in [1.165, 1.54) is 51.4 Å². The second-order valence-electron chi connectivity index (χ2n) is 7.71. The summed E-state index contributed by atoms with van der Waals surface area (Å²) in [6.45, 7) is 13.1. The van der Waals surface area contributed by atoms with Crippen LogP contribution in [-0.4, -0.2) is 36.0 Å². The van der Waals surface area contributed by atoms with E-state index in [0.29, 0.717) is 18.5 Å². The second kappa shape index (κ2) is 15.9. The van der Waals surface area contributed by atoms with E-state index in [-0.39, 0.29) is 5.91 Å². The van der Waals surface area contributed by atoms with Gasteiger partial charge in [-0.3, -0.25) is 9.69 Å². The highest BCUT2D eigenvalue weighted by molar-refractivity contribution is 5.75. The maximum absolute atomic E-state index is 11.8. The fourth-order valence-electron chi connectivity index (χ4n) is 3.29. The summed E-state index contributed by atoms with van der Waals surface area (Å²) in [7, 11) is 0. The summed E-state index contributed by atoms with van der Waals surface area (Å²) in [4.78, 5) is 14.3. The molecule has 24 heavy (non-hydrogen) atoms. The first-order valence-electron chi connectivity index (χ1n) is 10.5. The molecule has 0 saturated heterocycles. The molecule has 144 valence electrons. The van der Waals surface area contributed by atoms with Gasteiger partial charge in [0.05, 0.1) is 0 Å². The topological polar surface area (TPSA) is 32.3 Å². The van der Waals surface area contributed by atoms with Gasteiger partial charge in [0.1, 0.15) is 0 Å². The van der Waals surface area contributed by atoms with Crippen molar-refractivity contribution in [1.82, 2.24) is 10.2 Å². The van der Waals surface area contributed by atoms with E-state index in [2.05, 4.69) is 44.8 Å². The zero-order chi connectivity index (χ0) is 18.2. The van der Waals surface area contributed by atoms with Crippen molar-refractivity contribution >= 4 is 5.91 Å². The first-order chi connectivity index (χ1) is 11.5. The van der Waals surface area contributed by atoms with E-state index in [9.17, 15) is 4.79 Å². The highest BCUT2D eigenvalue weighted by Crippen LogP contribution is 2.10. The highest BCUT2D eigenvalue weighted by Gasteiger charge is 2.12. The van der Waals surface area contributed by atoms with Gasteiger partial charge >= 0.3 is 0 Å². The molecule has 0 aromatic rings. The molecule has 0 aliphatic heterocycles. The van der Waals surface area contributed by atoms with Crippen LogP contribution in [0.5, 0.6) is 0 Å². The van der Waals surface area contributed by atoms with E-state index in [0.717, 1.165) is 25.9 Å². The van der Waals surface area contributed by atoms with Gasteiger partial charge < -0.3 is 5.32 Å². The average Bonchev–Trinajstić information content (AvgIpc) is 2.52. The zero-order valence-corrected chi connectivity index (χ0v) is 17.2. The molecule has 0 fully saturated rings. The zero-order valence-electron chi connectivity index (χ0n) is 17.2. The standard InChI is InChI=1S/C21H44N2O/c1-6-7-8-9-10-11-12-13-14-16-21(24)22-17-15-18-23(19(2)3)20(4)5/h19-20H,6-18H2,1-5H3,(H,22,24). The van der Waals surface area contributed by atoms with Crippen LogP contribution in [0.4, 0.5) is 0 Å². The number of rotatable bonds is 16. The Bertz CT molecular complexity index is 282. The molecule has 0 aliphatic carbocycles. The van der Waals surface area contributed by atoms with Gasteiger partial charge in [-0.15, -0.1) is 0 Å². The monoisotopic (exact) mass is 340 g/mol. The SMILES string of the molecule is CCCCCCCCCCCC(=O)NCCCN(C(C)C)C(C)C. The van der Waals surface area contributed by atoms with Crippen LogP contribution in [0.1, 0.15) is 105 Å². The van der Waals surface area contributed by atoms with E-state index in [4.69, 9.17) is 0 Å². The van der Waals surface area contributed by atoms with Crippen LogP contribution in [0, 0.1) is 0 Å². The summed E-state index contributed by atoms with van der Waals surface area (Å²) < 4.78 is 0. The molecule has 0 rings (SSSR count). The molecular formula is C21H44N2O. The van der Waals surface area contributed by atoms with Crippen molar-refractivity contribution in [3.05, 3.63) is 0 Å². The van der Waals surface area contributed by atoms with Gasteiger partial charge in [0, 0.05) is 31.6 Å². The molecule has 0 spiro atoms. The predicted octanol–water partition coefficient (Wildman–Crippen LogP) is 5.53. The van der Waals surface area contributed by atoms with Crippen molar-refractivity contribution in [2.24, 2.45) is 0 Å². The smallest absolute Gasteiger partial charge is 0.219 e. The molecule has 0 atom stereocenters. The van der Waals surface area contributed by atoms with E-state index >= 15 is 0 Å². The number of carbonyl (C=O) groups is 1.